The quantitative estimate of drug-likeness (QED) is 0.442. The van der Waals surface area contributed by atoms with Crippen LogP contribution in [0, 0.1) is 0 Å². The molecule has 0 saturated carbocycles. The molecule has 0 heterocycles. The van der Waals surface area contributed by atoms with E-state index in [1.54, 1.807) is 0 Å². The van der Waals surface area contributed by atoms with Crippen molar-refractivity contribution in [1.29, 1.82) is 0 Å². The third-order valence-corrected chi connectivity index (χ3v) is 4.88. The predicted molar refractivity (Wildman–Crippen MR) is 79.1 cm³/mol. The van der Waals surface area contributed by atoms with Crippen molar-refractivity contribution < 1.29 is 0 Å². The highest BCUT2D eigenvalue weighted by atomic mass is 32.2. The molecule has 0 N–H and O–H groups in total. The molecule has 90 valence electrons. The van der Waals surface area contributed by atoms with Crippen molar-refractivity contribution >= 4 is 21.8 Å². The molecule has 0 unspecified atom stereocenters. The molecular formula is C12H30S2. The highest BCUT2D eigenvalue weighted by Gasteiger charge is 1.93. The first kappa shape index (κ1) is 14.7. The van der Waals surface area contributed by atoms with Crippen molar-refractivity contribution in [2.45, 2.75) is 38.5 Å². The van der Waals surface area contributed by atoms with E-state index < -0.39 is 0 Å². The second-order valence-corrected chi connectivity index (χ2v) is 9.94. The molecular weight excluding hydrogens is 208 g/mol. The Hall–Kier alpha value is 0.700. The molecule has 0 saturated heterocycles. The Morgan fingerprint density at radius 2 is 0.786 bits per heavy atom. The van der Waals surface area contributed by atoms with Crippen molar-refractivity contribution in [3.05, 3.63) is 0 Å². The van der Waals surface area contributed by atoms with Crippen LogP contribution < -0.4 is 0 Å². The number of unbranched alkanes of at least 4 members (excludes halogenated alkanes) is 5. The highest BCUT2D eigenvalue weighted by Crippen LogP contribution is 2.18. The molecule has 0 aliphatic heterocycles. The third-order valence-electron chi connectivity index (χ3n) is 2.46. The minimum Gasteiger partial charge on any atom is -0.259 e. The Kier molecular flexibility index (Phi) is 10.7. The molecule has 0 radical (unpaired) electrons. The maximum absolute atomic E-state index is 2.39. The number of thiol groups is 2. The van der Waals surface area contributed by atoms with Crippen LogP contribution in [-0.2, 0) is 0 Å². The minimum atomic E-state index is 0.366. The lowest BCUT2D eigenvalue weighted by Crippen LogP contribution is -1.88. The molecule has 0 fully saturated rings. The van der Waals surface area contributed by atoms with Gasteiger partial charge in [0.2, 0.25) is 0 Å². The number of rotatable bonds is 9. The van der Waals surface area contributed by atoms with Crippen LogP contribution in [0.3, 0.4) is 0 Å². The van der Waals surface area contributed by atoms with Gasteiger partial charge in [0.05, 0.1) is 0 Å². The van der Waals surface area contributed by atoms with Crippen LogP contribution in [0.5, 0.6) is 0 Å². The minimum absolute atomic E-state index is 0.366. The first-order valence-electron chi connectivity index (χ1n) is 5.92. The summed E-state index contributed by atoms with van der Waals surface area (Å²) in [5.74, 6) is 2.98. The summed E-state index contributed by atoms with van der Waals surface area (Å²) in [5.41, 5.74) is 0. The number of hydrogen-bond donors (Lipinski definition) is 2. The van der Waals surface area contributed by atoms with E-state index in [1.807, 2.05) is 0 Å². The van der Waals surface area contributed by atoms with Crippen LogP contribution in [0.2, 0.25) is 0 Å². The van der Waals surface area contributed by atoms with Gasteiger partial charge in [0.15, 0.2) is 0 Å². The summed E-state index contributed by atoms with van der Waals surface area (Å²) in [7, 11) is 0.732. The van der Waals surface area contributed by atoms with Gasteiger partial charge < -0.3 is 0 Å². The molecule has 0 bridgehead atoms. The summed E-state index contributed by atoms with van der Waals surface area (Å²) in [6, 6.07) is 0. The molecule has 0 spiro atoms. The standard InChI is InChI=1S/C12H30S2/c1-13(2)11-9-7-5-6-8-10-12-14(3)4/h13-14H,5-12H2,1-4H3. The summed E-state index contributed by atoms with van der Waals surface area (Å²) in [6.45, 7) is 0. The smallest absolute Gasteiger partial charge is 0.0258 e. The molecule has 0 atom stereocenters. The molecule has 0 aromatic carbocycles. The highest BCUT2D eigenvalue weighted by molar-refractivity contribution is 8.16. The van der Waals surface area contributed by atoms with Gasteiger partial charge in [-0.1, -0.05) is 25.7 Å². The first-order valence-corrected chi connectivity index (χ1v) is 10.8. The maximum atomic E-state index is 2.39. The van der Waals surface area contributed by atoms with E-state index in [0.717, 1.165) is 0 Å². The molecule has 0 rings (SSSR count). The monoisotopic (exact) mass is 238 g/mol. The molecule has 0 aliphatic carbocycles. The second kappa shape index (κ2) is 10.2. The van der Waals surface area contributed by atoms with Crippen LogP contribution >= 0.6 is 21.8 Å². The van der Waals surface area contributed by atoms with Crippen molar-refractivity contribution in [2.75, 3.05) is 36.5 Å². The van der Waals surface area contributed by atoms with E-state index in [9.17, 15) is 0 Å². The molecule has 14 heavy (non-hydrogen) atoms. The van der Waals surface area contributed by atoms with Crippen LogP contribution in [0.4, 0.5) is 0 Å². The largest absolute Gasteiger partial charge is 0.259 e. The third kappa shape index (κ3) is 12.7. The summed E-state index contributed by atoms with van der Waals surface area (Å²) >= 11 is 0. The Balaban J connectivity index is 2.92. The lowest BCUT2D eigenvalue weighted by atomic mass is 10.1. The van der Waals surface area contributed by atoms with Crippen LogP contribution in [0.1, 0.15) is 38.5 Å². The summed E-state index contributed by atoms with van der Waals surface area (Å²) in [4.78, 5) is 0. The molecule has 0 amide bonds. The van der Waals surface area contributed by atoms with Gasteiger partial charge in [0.1, 0.15) is 0 Å². The molecule has 0 nitrogen and oxygen atoms in total. The normalized spacial score (nSPS) is 12.9. The molecule has 0 aromatic rings. The van der Waals surface area contributed by atoms with Crippen LogP contribution in [0.25, 0.3) is 0 Å². The second-order valence-electron chi connectivity index (χ2n) is 4.73. The first-order chi connectivity index (χ1) is 6.63. The summed E-state index contributed by atoms with van der Waals surface area (Å²) < 4.78 is 0. The van der Waals surface area contributed by atoms with Gasteiger partial charge in [-0.15, -0.1) is 0 Å². The van der Waals surface area contributed by atoms with E-state index in [1.165, 1.54) is 50.0 Å². The van der Waals surface area contributed by atoms with Gasteiger partial charge in [-0.25, -0.2) is 0 Å². The zero-order chi connectivity index (χ0) is 10.8. The van der Waals surface area contributed by atoms with Gasteiger partial charge in [0.25, 0.3) is 0 Å². The van der Waals surface area contributed by atoms with Crippen molar-refractivity contribution in [1.82, 2.24) is 0 Å². The average molecular weight is 239 g/mol. The van der Waals surface area contributed by atoms with E-state index in [-0.39, 0.29) is 0 Å². The van der Waals surface area contributed by atoms with Gasteiger partial charge >= 0.3 is 0 Å². The molecule has 0 aliphatic rings. The van der Waals surface area contributed by atoms with E-state index >= 15 is 0 Å². The fraction of sp³-hybridized carbons (Fsp3) is 1.00. The fourth-order valence-corrected chi connectivity index (χ4v) is 3.28. The summed E-state index contributed by atoms with van der Waals surface area (Å²) in [6.07, 6.45) is 18.4. The number of hydrogen-bond acceptors (Lipinski definition) is 0. The maximum Gasteiger partial charge on any atom is -0.0258 e. The van der Waals surface area contributed by atoms with Crippen LogP contribution in [-0.4, -0.2) is 36.5 Å². The van der Waals surface area contributed by atoms with Gasteiger partial charge in [-0.3, -0.25) is 21.8 Å². The zero-order valence-corrected chi connectivity index (χ0v) is 12.3. The Bertz CT molecular complexity index is 96.9. The fourth-order valence-electron chi connectivity index (χ4n) is 1.56. The lowest BCUT2D eigenvalue weighted by molar-refractivity contribution is 0.629. The topological polar surface area (TPSA) is 0 Å². The van der Waals surface area contributed by atoms with Crippen LogP contribution in [0.15, 0.2) is 0 Å². The van der Waals surface area contributed by atoms with Gasteiger partial charge in [-0.05, 0) is 49.4 Å². The van der Waals surface area contributed by atoms with Gasteiger partial charge in [0, 0.05) is 0 Å². The Morgan fingerprint density at radius 3 is 1.07 bits per heavy atom. The van der Waals surface area contributed by atoms with Crippen molar-refractivity contribution in [3.63, 3.8) is 0 Å². The lowest BCUT2D eigenvalue weighted by Gasteiger charge is -2.09. The molecule has 0 aromatic heterocycles. The zero-order valence-electron chi connectivity index (χ0n) is 10.6. The average Bonchev–Trinajstić information content (AvgIpc) is 2.08. The Morgan fingerprint density at radius 1 is 0.500 bits per heavy atom. The molecule has 2 heteroatoms. The van der Waals surface area contributed by atoms with E-state index in [0.29, 0.717) is 21.8 Å². The predicted octanol–water partition coefficient (Wildman–Crippen LogP) is 3.85. The Labute approximate surface area is 96.9 Å². The van der Waals surface area contributed by atoms with E-state index in [2.05, 4.69) is 25.0 Å². The van der Waals surface area contributed by atoms with Gasteiger partial charge in [-0.2, -0.15) is 0 Å². The SMILES string of the molecule is C[SH](C)CCCCCCCC[SH](C)C. The van der Waals surface area contributed by atoms with Crippen molar-refractivity contribution in [2.24, 2.45) is 0 Å². The summed E-state index contributed by atoms with van der Waals surface area (Å²) in [5, 5.41) is 0. The van der Waals surface area contributed by atoms with E-state index in [4.69, 9.17) is 0 Å². The van der Waals surface area contributed by atoms with Crippen molar-refractivity contribution in [3.8, 4) is 0 Å².